The Labute approximate surface area is 156 Å². The molecule has 0 saturated heterocycles. The van der Waals surface area contributed by atoms with E-state index in [0.29, 0.717) is 0 Å². The number of phenols is 1. The van der Waals surface area contributed by atoms with Crippen LogP contribution < -0.4 is 9.47 Å². The first-order valence-corrected chi connectivity index (χ1v) is 8.10. The van der Waals surface area contributed by atoms with Crippen molar-refractivity contribution in [1.29, 1.82) is 0 Å². The highest BCUT2D eigenvalue weighted by atomic mass is 35.5. The van der Waals surface area contributed by atoms with Crippen LogP contribution in [0, 0.1) is 0 Å². The lowest BCUT2D eigenvalue weighted by molar-refractivity contribution is -0.198. The number of hydrogen-bond donors (Lipinski definition) is 1. The maximum atomic E-state index is 13.6. The first-order valence-electron chi connectivity index (χ1n) is 7.66. The highest BCUT2D eigenvalue weighted by Gasteiger charge is 2.42. The molecule has 3 aromatic carbocycles. The van der Waals surface area contributed by atoms with E-state index in [1.165, 1.54) is 36.4 Å². The SMILES string of the molecule is O=C(Oc1ccccc1)c1cc(OC(F)(F)C(F)Cl)c2ccccc2c1O. The van der Waals surface area contributed by atoms with Crippen molar-refractivity contribution < 1.29 is 32.5 Å². The number of benzene rings is 3. The smallest absolute Gasteiger partial charge is 0.444 e. The fraction of sp³-hybridized carbons (Fsp3) is 0.105. The predicted octanol–water partition coefficient (Wildman–Crippen LogP) is 5.27. The topological polar surface area (TPSA) is 55.8 Å². The van der Waals surface area contributed by atoms with Gasteiger partial charge in [-0.15, -0.1) is 0 Å². The molecule has 0 amide bonds. The number of phenolic OH excluding ortho intramolecular Hbond substituents is 1. The van der Waals surface area contributed by atoms with Gasteiger partial charge in [-0.05, 0) is 18.2 Å². The largest absolute Gasteiger partial charge is 0.506 e. The van der Waals surface area contributed by atoms with Gasteiger partial charge in [0.2, 0.25) is 0 Å². The monoisotopic (exact) mass is 396 g/mol. The Kier molecular flexibility index (Phi) is 5.14. The van der Waals surface area contributed by atoms with Crippen molar-refractivity contribution in [2.24, 2.45) is 0 Å². The molecule has 1 unspecified atom stereocenters. The molecular formula is C19H12ClF3O4. The number of fused-ring (bicyclic) bond motifs is 1. The lowest BCUT2D eigenvalue weighted by Crippen LogP contribution is -2.33. The molecule has 1 N–H and O–H groups in total. The Morgan fingerprint density at radius 3 is 2.26 bits per heavy atom. The highest BCUT2D eigenvalue weighted by molar-refractivity contribution is 6.20. The molecule has 3 rings (SSSR count). The van der Waals surface area contributed by atoms with Crippen LogP contribution in [0.5, 0.6) is 17.2 Å². The first-order chi connectivity index (χ1) is 12.8. The molecule has 0 saturated carbocycles. The molecule has 27 heavy (non-hydrogen) atoms. The van der Waals surface area contributed by atoms with Gasteiger partial charge in [0.05, 0.1) is 0 Å². The number of hydrogen-bond acceptors (Lipinski definition) is 4. The van der Waals surface area contributed by atoms with E-state index in [0.717, 1.165) is 6.07 Å². The number of esters is 1. The normalized spacial score (nSPS) is 12.6. The van der Waals surface area contributed by atoms with Gasteiger partial charge in [-0.3, -0.25) is 0 Å². The zero-order valence-corrected chi connectivity index (χ0v) is 14.3. The predicted molar refractivity (Wildman–Crippen MR) is 93.3 cm³/mol. The maximum absolute atomic E-state index is 13.6. The molecule has 0 aliphatic heterocycles. The lowest BCUT2D eigenvalue weighted by Gasteiger charge is -2.20. The molecule has 0 fully saturated rings. The fourth-order valence-corrected chi connectivity index (χ4v) is 2.45. The van der Waals surface area contributed by atoms with Gasteiger partial charge in [-0.2, -0.15) is 8.78 Å². The quantitative estimate of drug-likeness (QED) is 0.362. The Morgan fingerprint density at radius 2 is 1.63 bits per heavy atom. The zero-order valence-electron chi connectivity index (χ0n) is 13.5. The van der Waals surface area contributed by atoms with E-state index in [2.05, 4.69) is 4.74 Å². The summed E-state index contributed by atoms with van der Waals surface area (Å²) in [6, 6.07) is 14.6. The summed E-state index contributed by atoms with van der Waals surface area (Å²) < 4.78 is 49.7. The number of carbonyl (C=O) groups excluding carboxylic acids is 1. The average Bonchev–Trinajstić information content (AvgIpc) is 2.64. The molecule has 1 atom stereocenters. The molecule has 0 radical (unpaired) electrons. The Morgan fingerprint density at radius 1 is 1.04 bits per heavy atom. The van der Waals surface area contributed by atoms with Crippen LogP contribution in [0.2, 0.25) is 0 Å². The van der Waals surface area contributed by atoms with Gasteiger partial charge in [0, 0.05) is 10.8 Å². The third-order valence-corrected chi connectivity index (χ3v) is 3.91. The van der Waals surface area contributed by atoms with Crippen molar-refractivity contribution in [2.75, 3.05) is 0 Å². The van der Waals surface area contributed by atoms with Crippen molar-refractivity contribution in [3.05, 3.63) is 66.2 Å². The minimum Gasteiger partial charge on any atom is -0.506 e. The van der Waals surface area contributed by atoms with E-state index in [4.69, 9.17) is 16.3 Å². The van der Waals surface area contributed by atoms with Crippen LogP contribution in [-0.2, 0) is 0 Å². The molecule has 0 aliphatic carbocycles. The lowest BCUT2D eigenvalue weighted by atomic mass is 10.0. The second-order valence-corrected chi connectivity index (χ2v) is 5.87. The molecule has 0 aliphatic rings. The van der Waals surface area contributed by atoms with Crippen LogP contribution >= 0.6 is 11.6 Å². The molecule has 0 spiro atoms. The Balaban J connectivity index is 2.08. The van der Waals surface area contributed by atoms with Gasteiger partial charge in [-0.25, -0.2) is 9.18 Å². The van der Waals surface area contributed by atoms with E-state index in [9.17, 15) is 23.1 Å². The standard InChI is InChI=1S/C19H12ClF3O4/c20-18(21)19(22,23)27-15-10-14(16(24)13-9-5-4-8-12(13)15)17(25)26-11-6-2-1-3-7-11/h1-10,18,24H. The molecule has 0 aromatic heterocycles. The van der Waals surface area contributed by atoms with Crippen molar-refractivity contribution in [2.45, 2.75) is 11.7 Å². The van der Waals surface area contributed by atoms with Gasteiger partial charge >= 0.3 is 12.1 Å². The molecule has 140 valence electrons. The van der Waals surface area contributed by atoms with Gasteiger partial charge in [0.1, 0.15) is 22.8 Å². The van der Waals surface area contributed by atoms with Gasteiger partial charge in [0.25, 0.3) is 5.63 Å². The van der Waals surface area contributed by atoms with Crippen LogP contribution in [0.15, 0.2) is 60.7 Å². The van der Waals surface area contributed by atoms with E-state index in [-0.39, 0.29) is 16.5 Å². The summed E-state index contributed by atoms with van der Waals surface area (Å²) >= 11 is 4.83. The molecular weight excluding hydrogens is 385 g/mol. The number of halogens is 4. The average molecular weight is 397 g/mol. The number of rotatable bonds is 5. The summed E-state index contributed by atoms with van der Waals surface area (Å²) in [6.45, 7) is 0. The Bertz CT molecular complexity index is 977. The van der Waals surface area contributed by atoms with Crippen LogP contribution in [0.3, 0.4) is 0 Å². The summed E-state index contributed by atoms with van der Waals surface area (Å²) in [7, 11) is 0. The number of carbonyl (C=O) groups is 1. The van der Waals surface area contributed by atoms with Crippen LogP contribution in [-0.4, -0.2) is 22.8 Å². The van der Waals surface area contributed by atoms with E-state index < -0.39 is 34.8 Å². The second-order valence-electron chi connectivity index (χ2n) is 5.48. The first kappa shape index (κ1) is 18.8. The number of alkyl halides is 4. The highest BCUT2D eigenvalue weighted by Crippen LogP contribution is 2.39. The minimum absolute atomic E-state index is 0.0447. The summed E-state index contributed by atoms with van der Waals surface area (Å²) in [5, 5.41) is 10.5. The molecule has 3 aromatic rings. The summed E-state index contributed by atoms with van der Waals surface area (Å²) in [5.74, 6) is -1.82. The van der Waals surface area contributed by atoms with Crippen LogP contribution in [0.4, 0.5) is 13.2 Å². The summed E-state index contributed by atoms with van der Waals surface area (Å²) in [6.07, 6.45) is -4.35. The van der Waals surface area contributed by atoms with Crippen LogP contribution in [0.1, 0.15) is 10.4 Å². The third-order valence-electron chi connectivity index (χ3n) is 3.65. The zero-order chi connectivity index (χ0) is 19.6. The minimum atomic E-state index is -4.35. The molecule has 8 heteroatoms. The number of aromatic hydroxyl groups is 1. The van der Waals surface area contributed by atoms with E-state index in [1.54, 1.807) is 18.2 Å². The third kappa shape index (κ3) is 3.93. The Hall–Kier alpha value is -2.93. The van der Waals surface area contributed by atoms with E-state index in [1.807, 2.05) is 0 Å². The maximum Gasteiger partial charge on any atom is 0.444 e. The fourth-order valence-electron chi connectivity index (χ4n) is 2.41. The van der Waals surface area contributed by atoms with Gasteiger partial charge in [0.15, 0.2) is 0 Å². The molecule has 4 nitrogen and oxygen atoms in total. The second kappa shape index (κ2) is 7.36. The molecule has 0 bridgehead atoms. The molecule has 0 heterocycles. The van der Waals surface area contributed by atoms with Crippen LogP contribution in [0.25, 0.3) is 10.8 Å². The number of para-hydroxylation sites is 1. The number of ether oxygens (including phenoxy) is 2. The summed E-state index contributed by atoms with van der Waals surface area (Å²) in [5.41, 5.74) is -3.53. The van der Waals surface area contributed by atoms with Crippen molar-refractivity contribution in [3.63, 3.8) is 0 Å². The van der Waals surface area contributed by atoms with Gasteiger partial charge in [-0.1, -0.05) is 54.1 Å². The van der Waals surface area contributed by atoms with Gasteiger partial charge < -0.3 is 14.6 Å². The summed E-state index contributed by atoms with van der Waals surface area (Å²) in [4.78, 5) is 12.4. The van der Waals surface area contributed by atoms with Crippen molar-refractivity contribution in [3.8, 4) is 17.2 Å². The van der Waals surface area contributed by atoms with Crippen molar-refractivity contribution >= 4 is 28.3 Å². The van der Waals surface area contributed by atoms with Crippen molar-refractivity contribution in [1.82, 2.24) is 0 Å². The van der Waals surface area contributed by atoms with E-state index >= 15 is 0 Å².